The van der Waals surface area contributed by atoms with Gasteiger partial charge >= 0.3 is 5.97 Å². The lowest BCUT2D eigenvalue weighted by molar-refractivity contribution is 0.0699. The number of unbranched alkanes of at least 4 members (excludes halogenated alkanes) is 1. The summed E-state index contributed by atoms with van der Waals surface area (Å²) in [4.78, 5) is 14.5. The van der Waals surface area contributed by atoms with Gasteiger partial charge in [-0.25, -0.2) is 4.79 Å². The molecular weight excluding hydrogens is 214 g/mol. The Morgan fingerprint density at radius 3 is 2.82 bits per heavy atom. The lowest BCUT2D eigenvalue weighted by atomic mass is 10.0. The standard InChI is InChI=1S/C14H17NO2/c1-3-4-6-10-9(2)15-12-8-5-7-11(13(10)12)14(16)17/h5,7-8,15H,3-4,6H2,1-2H3,(H,16,17). The maximum atomic E-state index is 11.2. The first kappa shape index (κ1) is 11.7. The molecule has 0 aliphatic rings. The van der Waals surface area contributed by atoms with E-state index in [9.17, 15) is 9.90 Å². The molecule has 0 aliphatic carbocycles. The molecule has 1 aromatic carbocycles. The van der Waals surface area contributed by atoms with Gasteiger partial charge < -0.3 is 10.1 Å². The zero-order valence-electron chi connectivity index (χ0n) is 10.2. The molecule has 90 valence electrons. The molecule has 1 aromatic heterocycles. The van der Waals surface area contributed by atoms with E-state index in [-0.39, 0.29) is 0 Å². The number of fused-ring (bicyclic) bond motifs is 1. The van der Waals surface area contributed by atoms with Crippen LogP contribution in [0.5, 0.6) is 0 Å². The summed E-state index contributed by atoms with van der Waals surface area (Å²) in [6, 6.07) is 5.39. The minimum Gasteiger partial charge on any atom is -0.478 e. The van der Waals surface area contributed by atoms with Crippen molar-refractivity contribution in [1.82, 2.24) is 4.98 Å². The highest BCUT2D eigenvalue weighted by Gasteiger charge is 2.15. The van der Waals surface area contributed by atoms with Gasteiger partial charge in [0.05, 0.1) is 5.56 Å². The maximum Gasteiger partial charge on any atom is 0.336 e. The number of carboxylic acid groups (broad SMARTS) is 1. The molecule has 2 rings (SSSR count). The van der Waals surface area contributed by atoms with Crippen LogP contribution in [-0.2, 0) is 6.42 Å². The van der Waals surface area contributed by atoms with Gasteiger partial charge in [-0.1, -0.05) is 19.4 Å². The van der Waals surface area contributed by atoms with Gasteiger partial charge in [0.15, 0.2) is 0 Å². The highest BCUT2D eigenvalue weighted by Crippen LogP contribution is 2.27. The summed E-state index contributed by atoms with van der Waals surface area (Å²) in [6.45, 7) is 4.15. The SMILES string of the molecule is CCCCc1c(C)[nH]c2cccc(C(=O)O)c12. The number of rotatable bonds is 4. The number of carbonyl (C=O) groups is 1. The molecular formula is C14H17NO2. The van der Waals surface area contributed by atoms with Crippen molar-refractivity contribution in [2.45, 2.75) is 33.1 Å². The first-order valence-electron chi connectivity index (χ1n) is 5.98. The minimum atomic E-state index is -0.854. The number of aromatic amines is 1. The second-order valence-electron chi connectivity index (χ2n) is 4.37. The van der Waals surface area contributed by atoms with Gasteiger partial charge in [-0.3, -0.25) is 0 Å². The minimum absolute atomic E-state index is 0.401. The van der Waals surface area contributed by atoms with Gasteiger partial charge in [-0.15, -0.1) is 0 Å². The van der Waals surface area contributed by atoms with Crippen LogP contribution >= 0.6 is 0 Å². The summed E-state index contributed by atoms with van der Waals surface area (Å²) in [7, 11) is 0. The third kappa shape index (κ3) is 2.05. The highest BCUT2D eigenvalue weighted by molar-refractivity contribution is 6.04. The molecule has 0 saturated carbocycles. The summed E-state index contributed by atoms with van der Waals surface area (Å²) >= 11 is 0. The number of hydrogen-bond acceptors (Lipinski definition) is 1. The molecule has 2 N–H and O–H groups in total. The monoisotopic (exact) mass is 231 g/mol. The fourth-order valence-electron chi connectivity index (χ4n) is 2.29. The van der Waals surface area contributed by atoms with Gasteiger partial charge in [0, 0.05) is 16.6 Å². The van der Waals surface area contributed by atoms with Crippen molar-refractivity contribution in [1.29, 1.82) is 0 Å². The van der Waals surface area contributed by atoms with Gasteiger partial charge in [0.2, 0.25) is 0 Å². The normalized spacial score (nSPS) is 10.9. The van der Waals surface area contributed by atoms with E-state index in [4.69, 9.17) is 0 Å². The molecule has 3 heteroatoms. The van der Waals surface area contributed by atoms with Crippen LogP contribution in [0, 0.1) is 6.92 Å². The number of aromatic carboxylic acids is 1. The summed E-state index contributed by atoms with van der Waals surface area (Å²) in [5.74, 6) is -0.854. The third-order valence-corrected chi connectivity index (χ3v) is 3.15. The van der Waals surface area contributed by atoms with Gasteiger partial charge in [0.1, 0.15) is 0 Å². The molecule has 0 radical (unpaired) electrons. The average molecular weight is 231 g/mol. The van der Waals surface area contributed by atoms with Crippen LogP contribution in [0.4, 0.5) is 0 Å². The molecule has 0 bridgehead atoms. The van der Waals surface area contributed by atoms with E-state index in [2.05, 4.69) is 11.9 Å². The molecule has 1 heterocycles. The predicted molar refractivity (Wildman–Crippen MR) is 68.6 cm³/mol. The van der Waals surface area contributed by atoms with Crippen LogP contribution in [0.25, 0.3) is 10.9 Å². The number of carboxylic acids is 1. The number of benzene rings is 1. The summed E-state index contributed by atoms with van der Waals surface area (Å²) in [5, 5.41) is 10.1. The van der Waals surface area contributed by atoms with Crippen molar-refractivity contribution < 1.29 is 9.90 Å². The zero-order valence-corrected chi connectivity index (χ0v) is 10.2. The van der Waals surface area contributed by atoms with E-state index in [1.54, 1.807) is 12.1 Å². The van der Waals surface area contributed by atoms with Crippen molar-refractivity contribution in [2.75, 3.05) is 0 Å². The molecule has 2 aromatic rings. The fourth-order valence-corrected chi connectivity index (χ4v) is 2.29. The van der Waals surface area contributed by atoms with E-state index in [0.717, 1.165) is 41.4 Å². The van der Waals surface area contributed by atoms with Crippen LogP contribution in [-0.4, -0.2) is 16.1 Å². The zero-order chi connectivity index (χ0) is 12.4. The third-order valence-electron chi connectivity index (χ3n) is 3.15. The van der Waals surface area contributed by atoms with Crippen molar-refractivity contribution >= 4 is 16.9 Å². The smallest absolute Gasteiger partial charge is 0.336 e. The van der Waals surface area contributed by atoms with Crippen LogP contribution in [0.1, 0.15) is 41.4 Å². The van der Waals surface area contributed by atoms with Crippen LogP contribution < -0.4 is 0 Å². The van der Waals surface area contributed by atoms with Crippen LogP contribution in [0.3, 0.4) is 0 Å². The van der Waals surface area contributed by atoms with Crippen molar-refractivity contribution in [2.24, 2.45) is 0 Å². The Kier molecular flexibility index (Phi) is 3.18. The quantitative estimate of drug-likeness (QED) is 0.845. The largest absolute Gasteiger partial charge is 0.478 e. The van der Waals surface area contributed by atoms with Crippen LogP contribution in [0.2, 0.25) is 0 Å². The Morgan fingerprint density at radius 1 is 1.41 bits per heavy atom. The first-order valence-corrected chi connectivity index (χ1v) is 5.98. The molecule has 0 atom stereocenters. The molecule has 0 aliphatic heterocycles. The molecule has 17 heavy (non-hydrogen) atoms. The average Bonchev–Trinajstić information content (AvgIpc) is 2.61. The molecule has 0 fully saturated rings. The Bertz CT molecular complexity index is 555. The van der Waals surface area contributed by atoms with Crippen molar-refractivity contribution in [3.63, 3.8) is 0 Å². The molecule has 0 unspecified atom stereocenters. The number of hydrogen-bond donors (Lipinski definition) is 2. The second kappa shape index (κ2) is 4.62. The first-order chi connectivity index (χ1) is 8.15. The van der Waals surface area contributed by atoms with Gasteiger partial charge in [-0.05, 0) is 37.5 Å². The van der Waals surface area contributed by atoms with E-state index < -0.39 is 5.97 Å². The Balaban J connectivity index is 2.64. The molecule has 0 spiro atoms. The van der Waals surface area contributed by atoms with Gasteiger partial charge in [0.25, 0.3) is 0 Å². The van der Waals surface area contributed by atoms with Crippen LogP contribution in [0.15, 0.2) is 18.2 Å². The van der Waals surface area contributed by atoms with Crippen molar-refractivity contribution in [3.8, 4) is 0 Å². The molecule has 3 nitrogen and oxygen atoms in total. The molecule has 0 saturated heterocycles. The number of aryl methyl sites for hydroxylation is 2. The molecule has 0 amide bonds. The second-order valence-corrected chi connectivity index (χ2v) is 4.37. The van der Waals surface area contributed by atoms with E-state index in [1.807, 2.05) is 13.0 Å². The fraction of sp³-hybridized carbons (Fsp3) is 0.357. The summed E-state index contributed by atoms with van der Waals surface area (Å²) in [6.07, 6.45) is 3.13. The number of H-pyrrole nitrogens is 1. The van der Waals surface area contributed by atoms with Gasteiger partial charge in [-0.2, -0.15) is 0 Å². The number of nitrogens with one attached hydrogen (secondary N) is 1. The van der Waals surface area contributed by atoms with Crippen molar-refractivity contribution in [3.05, 3.63) is 35.0 Å². The maximum absolute atomic E-state index is 11.2. The van der Waals surface area contributed by atoms with E-state index in [0.29, 0.717) is 5.56 Å². The Morgan fingerprint density at radius 2 is 2.18 bits per heavy atom. The summed E-state index contributed by atoms with van der Waals surface area (Å²) < 4.78 is 0. The lowest BCUT2D eigenvalue weighted by Crippen LogP contribution is -1.98. The Hall–Kier alpha value is -1.77. The van der Waals surface area contributed by atoms with E-state index in [1.165, 1.54) is 0 Å². The number of aromatic nitrogens is 1. The topological polar surface area (TPSA) is 53.1 Å². The predicted octanol–water partition coefficient (Wildman–Crippen LogP) is 3.52. The summed E-state index contributed by atoms with van der Waals surface area (Å²) in [5.41, 5.74) is 3.56. The van der Waals surface area contributed by atoms with E-state index >= 15 is 0 Å². The lowest BCUT2D eigenvalue weighted by Gasteiger charge is -2.02. The Labute approximate surface area is 100 Å². The highest BCUT2D eigenvalue weighted by atomic mass is 16.4.